The van der Waals surface area contributed by atoms with E-state index in [1.165, 1.54) is 5.56 Å². The molecule has 0 aliphatic rings. The van der Waals surface area contributed by atoms with E-state index in [1.54, 1.807) is 9.58 Å². The van der Waals surface area contributed by atoms with Crippen LogP contribution in [-0.2, 0) is 6.54 Å². The van der Waals surface area contributed by atoms with Crippen LogP contribution in [0.5, 0.6) is 0 Å². The van der Waals surface area contributed by atoms with Gasteiger partial charge in [0.15, 0.2) is 5.82 Å². The first-order valence-electron chi connectivity index (χ1n) is 6.02. The third-order valence-electron chi connectivity index (χ3n) is 3.09. The minimum Gasteiger partial charge on any atom is -0.383 e. The van der Waals surface area contributed by atoms with Gasteiger partial charge >= 0.3 is 0 Å². The SMILES string of the molecule is Cc1ccccc1Cn1nc(N(C)C)c(C#N)c1N. The summed E-state index contributed by atoms with van der Waals surface area (Å²) >= 11 is 0. The molecule has 1 aromatic carbocycles. The average Bonchev–Trinajstić information content (AvgIpc) is 2.69. The highest BCUT2D eigenvalue weighted by atomic mass is 15.4. The van der Waals surface area contributed by atoms with Crippen LogP contribution in [0.15, 0.2) is 24.3 Å². The number of hydrogen-bond acceptors (Lipinski definition) is 4. The van der Waals surface area contributed by atoms with Crippen molar-refractivity contribution in [2.24, 2.45) is 0 Å². The van der Waals surface area contributed by atoms with Gasteiger partial charge in [-0.2, -0.15) is 10.4 Å². The van der Waals surface area contributed by atoms with Crippen LogP contribution < -0.4 is 10.6 Å². The number of aryl methyl sites for hydroxylation is 1. The smallest absolute Gasteiger partial charge is 0.170 e. The third-order valence-corrected chi connectivity index (χ3v) is 3.09. The Kier molecular flexibility index (Phi) is 3.43. The molecule has 0 bridgehead atoms. The van der Waals surface area contributed by atoms with Crippen molar-refractivity contribution in [2.75, 3.05) is 24.7 Å². The van der Waals surface area contributed by atoms with Crippen LogP contribution in [0.25, 0.3) is 0 Å². The Morgan fingerprint density at radius 2 is 2.05 bits per heavy atom. The Bertz CT molecular complexity index is 634. The van der Waals surface area contributed by atoms with Gasteiger partial charge in [0.25, 0.3) is 0 Å². The molecule has 2 N–H and O–H groups in total. The maximum atomic E-state index is 9.17. The van der Waals surface area contributed by atoms with Crippen molar-refractivity contribution < 1.29 is 0 Å². The quantitative estimate of drug-likeness (QED) is 0.907. The zero-order chi connectivity index (χ0) is 14.0. The number of anilines is 2. The van der Waals surface area contributed by atoms with Crippen molar-refractivity contribution in [3.8, 4) is 6.07 Å². The summed E-state index contributed by atoms with van der Waals surface area (Å²) in [6.45, 7) is 2.62. The van der Waals surface area contributed by atoms with Gasteiger partial charge in [-0.25, -0.2) is 4.68 Å². The summed E-state index contributed by atoms with van der Waals surface area (Å²) in [6.07, 6.45) is 0. The predicted octanol–water partition coefficient (Wildman–Crippen LogP) is 1.76. The van der Waals surface area contributed by atoms with Gasteiger partial charge in [0.1, 0.15) is 17.5 Å². The maximum Gasteiger partial charge on any atom is 0.170 e. The van der Waals surface area contributed by atoms with Crippen molar-refractivity contribution in [2.45, 2.75) is 13.5 Å². The van der Waals surface area contributed by atoms with E-state index in [1.807, 2.05) is 45.3 Å². The molecular weight excluding hydrogens is 238 g/mol. The van der Waals surface area contributed by atoms with E-state index in [0.29, 0.717) is 23.7 Å². The number of nitrogens with zero attached hydrogens (tertiary/aromatic N) is 4. The topological polar surface area (TPSA) is 70.9 Å². The molecular formula is C14H17N5. The summed E-state index contributed by atoms with van der Waals surface area (Å²) in [7, 11) is 3.70. The number of rotatable bonds is 3. The Balaban J connectivity index is 2.42. The fourth-order valence-corrected chi connectivity index (χ4v) is 1.95. The molecule has 2 rings (SSSR count). The van der Waals surface area contributed by atoms with Gasteiger partial charge in [-0.05, 0) is 18.1 Å². The number of nitrogens with two attached hydrogens (primary N) is 1. The van der Waals surface area contributed by atoms with Gasteiger partial charge in [-0.3, -0.25) is 0 Å². The van der Waals surface area contributed by atoms with E-state index in [-0.39, 0.29) is 0 Å². The standard InChI is InChI=1S/C14H17N5/c1-10-6-4-5-7-11(10)9-19-13(16)12(8-15)14(17-19)18(2)3/h4-7H,9,16H2,1-3H3. The minimum absolute atomic E-state index is 0.412. The largest absolute Gasteiger partial charge is 0.383 e. The first-order chi connectivity index (χ1) is 9.04. The molecule has 5 nitrogen and oxygen atoms in total. The third kappa shape index (κ3) is 2.38. The molecule has 0 saturated heterocycles. The zero-order valence-corrected chi connectivity index (χ0v) is 11.4. The summed E-state index contributed by atoms with van der Waals surface area (Å²) in [5.74, 6) is 1.02. The van der Waals surface area contributed by atoms with E-state index >= 15 is 0 Å². The van der Waals surface area contributed by atoms with Crippen molar-refractivity contribution in [1.29, 1.82) is 5.26 Å². The van der Waals surface area contributed by atoms with Crippen molar-refractivity contribution in [3.05, 3.63) is 41.0 Å². The summed E-state index contributed by atoms with van der Waals surface area (Å²) in [4.78, 5) is 1.79. The highest BCUT2D eigenvalue weighted by Gasteiger charge is 2.17. The van der Waals surface area contributed by atoms with Gasteiger partial charge in [0.2, 0.25) is 0 Å². The molecule has 0 aliphatic carbocycles. The first-order valence-corrected chi connectivity index (χ1v) is 6.02. The lowest BCUT2D eigenvalue weighted by Gasteiger charge is -2.08. The lowest BCUT2D eigenvalue weighted by Crippen LogP contribution is -2.11. The molecule has 0 amide bonds. The van der Waals surface area contributed by atoms with Crippen molar-refractivity contribution in [1.82, 2.24) is 9.78 Å². The minimum atomic E-state index is 0.412. The summed E-state index contributed by atoms with van der Waals surface area (Å²) in [5, 5.41) is 13.6. The lowest BCUT2D eigenvalue weighted by atomic mass is 10.1. The van der Waals surface area contributed by atoms with Crippen molar-refractivity contribution >= 4 is 11.6 Å². The van der Waals surface area contributed by atoms with Gasteiger partial charge in [-0.15, -0.1) is 0 Å². The molecule has 98 valence electrons. The molecule has 19 heavy (non-hydrogen) atoms. The van der Waals surface area contributed by atoms with E-state index in [9.17, 15) is 5.26 Å². The number of nitrogen functional groups attached to an aromatic ring is 1. The molecule has 1 heterocycles. The van der Waals surface area contributed by atoms with Crippen molar-refractivity contribution in [3.63, 3.8) is 0 Å². The Morgan fingerprint density at radius 1 is 1.37 bits per heavy atom. The van der Waals surface area contributed by atoms with Crippen LogP contribution >= 0.6 is 0 Å². The second-order valence-electron chi connectivity index (χ2n) is 4.67. The summed E-state index contributed by atoms with van der Waals surface area (Å²) in [6, 6.07) is 10.2. The van der Waals surface area contributed by atoms with E-state index in [4.69, 9.17) is 5.73 Å². The molecule has 0 spiro atoms. The summed E-state index contributed by atoms with van der Waals surface area (Å²) in [5.41, 5.74) is 8.76. The highest BCUT2D eigenvalue weighted by Crippen LogP contribution is 2.23. The average molecular weight is 255 g/mol. The molecule has 0 radical (unpaired) electrons. The number of hydrogen-bond donors (Lipinski definition) is 1. The molecule has 2 aromatic rings. The highest BCUT2D eigenvalue weighted by molar-refractivity contribution is 5.64. The van der Waals surface area contributed by atoms with E-state index in [2.05, 4.69) is 11.2 Å². The molecule has 0 atom stereocenters. The second-order valence-corrected chi connectivity index (χ2v) is 4.67. The second kappa shape index (κ2) is 5.02. The molecule has 0 saturated carbocycles. The van der Waals surface area contributed by atoms with Gasteiger partial charge in [0, 0.05) is 14.1 Å². The Hall–Kier alpha value is -2.48. The van der Waals surface area contributed by atoms with Crippen LogP contribution in [0.4, 0.5) is 11.6 Å². The van der Waals surface area contributed by atoms with Crippen LogP contribution in [-0.4, -0.2) is 23.9 Å². The van der Waals surface area contributed by atoms with Gasteiger partial charge in [0.05, 0.1) is 6.54 Å². The van der Waals surface area contributed by atoms with Gasteiger partial charge < -0.3 is 10.6 Å². The lowest BCUT2D eigenvalue weighted by molar-refractivity contribution is 0.692. The molecule has 0 aliphatic heterocycles. The monoisotopic (exact) mass is 255 g/mol. The molecule has 0 fully saturated rings. The Morgan fingerprint density at radius 3 is 2.58 bits per heavy atom. The van der Waals surface area contributed by atoms with Crippen LogP contribution in [0.3, 0.4) is 0 Å². The number of benzene rings is 1. The molecule has 5 heteroatoms. The number of nitriles is 1. The Labute approximate surface area is 112 Å². The predicted molar refractivity (Wildman–Crippen MR) is 76.0 cm³/mol. The van der Waals surface area contributed by atoms with E-state index < -0.39 is 0 Å². The maximum absolute atomic E-state index is 9.17. The van der Waals surface area contributed by atoms with Crippen LogP contribution in [0.2, 0.25) is 0 Å². The normalized spacial score (nSPS) is 10.2. The summed E-state index contributed by atoms with van der Waals surface area (Å²) < 4.78 is 1.68. The fraction of sp³-hybridized carbons (Fsp3) is 0.286. The van der Waals surface area contributed by atoms with Crippen LogP contribution in [0, 0.1) is 18.3 Å². The number of aromatic nitrogens is 2. The fourth-order valence-electron chi connectivity index (χ4n) is 1.95. The first kappa shape index (κ1) is 13.0. The van der Waals surface area contributed by atoms with Gasteiger partial charge in [-0.1, -0.05) is 24.3 Å². The van der Waals surface area contributed by atoms with Crippen LogP contribution in [0.1, 0.15) is 16.7 Å². The van der Waals surface area contributed by atoms with E-state index in [0.717, 1.165) is 5.56 Å². The molecule has 1 aromatic heterocycles. The zero-order valence-electron chi connectivity index (χ0n) is 11.4. The molecule has 0 unspecified atom stereocenters.